The number of rotatable bonds is 4. The fraction of sp³-hybridized carbons (Fsp3) is 0. The monoisotopic (exact) mass is 463 g/mol. The molecule has 0 bridgehead atoms. The fourth-order valence-corrected chi connectivity index (χ4v) is 2.41. The molecule has 0 fully saturated rings. The van der Waals surface area contributed by atoms with Crippen molar-refractivity contribution in [1.29, 1.82) is 0 Å². The number of benzene rings is 2. The largest absolute Gasteiger partial charge is 0.478 e. The van der Waals surface area contributed by atoms with Crippen LogP contribution in [0.5, 0.6) is 11.5 Å². The summed E-state index contributed by atoms with van der Waals surface area (Å²) >= 11 is 5.16. The number of carbonyl (C=O) groups is 1. The lowest BCUT2D eigenvalue weighted by Crippen LogP contribution is -2.01. The SMILES string of the molecule is O=C(O)c1ccc(Br)cc1Oc1ccc(I)cc1[N+](=O)[O-]. The number of nitro benzene ring substituents is 1. The molecule has 0 amide bonds. The second-order valence-electron chi connectivity index (χ2n) is 3.92. The molecule has 8 heteroatoms. The summed E-state index contributed by atoms with van der Waals surface area (Å²) in [4.78, 5) is 21.6. The first-order valence-corrected chi connectivity index (χ1v) is 7.40. The predicted molar refractivity (Wildman–Crippen MR) is 87.0 cm³/mol. The highest BCUT2D eigenvalue weighted by molar-refractivity contribution is 14.1. The molecule has 2 rings (SSSR count). The molecule has 21 heavy (non-hydrogen) atoms. The van der Waals surface area contributed by atoms with Crippen LogP contribution in [0.2, 0.25) is 0 Å². The Morgan fingerprint density at radius 1 is 1.24 bits per heavy atom. The minimum absolute atomic E-state index is 0.0129. The van der Waals surface area contributed by atoms with Crippen molar-refractivity contribution in [2.24, 2.45) is 0 Å². The third-order valence-electron chi connectivity index (χ3n) is 2.51. The van der Waals surface area contributed by atoms with Crippen molar-refractivity contribution < 1.29 is 19.6 Å². The lowest BCUT2D eigenvalue weighted by atomic mass is 10.2. The second kappa shape index (κ2) is 6.39. The molecular formula is C13H7BrINO5. The van der Waals surface area contributed by atoms with E-state index in [9.17, 15) is 14.9 Å². The number of ether oxygens (including phenoxy) is 1. The van der Waals surface area contributed by atoms with Gasteiger partial charge in [0.05, 0.1) is 4.92 Å². The van der Waals surface area contributed by atoms with Crippen molar-refractivity contribution in [2.45, 2.75) is 0 Å². The Bertz CT molecular complexity index is 734. The maximum atomic E-state index is 11.2. The molecule has 0 heterocycles. The van der Waals surface area contributed by atoms with Crippen LogP contribution in [0.4, 0.5) is 5.69 Å². The zero-order chi connectivity index (χ0) is 15.6. The third kappa shape index (κ3) is 3.70. The molecule has 0 radical (unpaired) electrons. The van der Waals surface area contributed by atoms with E-state index in [0.717, 1.165) is 0 Å². The van der Waals surface area contributed by atoms with E-state index in [1.807, 2.05) is 22.6 Å². The van der Waals surface area contributed by atoms with Gasteiger partial charge in [-0.2, -0.15) is 0 Å². The van der Waals surface area contributed by atoms with Gasteiger partial charge >= 0.3 is 11.7 Å². The van der Waals surface area contributed by atoms with E-state index in [4.69, 9.17) is 9.84 Å². The van der Waals surface area contributed by atoms with Gasteiger partial charge in [-0.05, 0) is 52.9 Å². The number of halogens is 2. The Morgan fingerprint density at radius 2 is 1.95 bits per heavy atom. The average Bonchev–Trinajstić information content (AvgIpc) is 2.40. The lowest BCUT2D eigenvalue weighted by molar-refractivity contribution is -0.385. The summed E-state index contributed by atoms with van der Waals surface area (Å²) in [6.07, 6.45) is 0. The highest BCUT2D eigenvalue weighted by atomic mass is 127. The Balaban J connectivity index is 2.50. The Morgan fingerprint density at radius 3 is 2.57 bits per heavy atom. The van der Waals surface area contributed by atoms with Crippen LogP contribution < -0.4 is 4.74 Å². The van der Waals surface area contributed by atoms with Gasteiger partial charge in [0.2, 0.25) is 5.75 Å². The number of carboxylic acid groups (broad SMARTS) is 1. The number of nitro groups is 1. The molecule has 6 nitrogen and oxygen atoms in total. The van der Waals surface area contributed by atoms with E-state index >= 15 is 0 Å². The molecule has 0 aliphatic rings. The van der Waals surface area contributed by atoms with E-state index < -0.39 is 10.9 Å². The normalized spacial score (nSPS) is 10.2. The molecule has 0 saturated carbocycles. The Kier molecular flexibility index (Phi) is 4.78. The molecule has 1 N–H and O–H groups in total. The van der Waals surface area contributed by atoms with Crippen LogP contribution in [0, 0.1) is 13.7 Å². The van der Waals surface area contributed by atoms with Crippen LogP contribution in [0.15, 0.2) is 40.9 Å². The molecule has 108 valence electrons. The molecule has 0 aromatic heterocycles. The highest BCUT2D eigenvalue weighted by Gasteiger charge is 2.19. The summed E-state index contributed by atoms with van der Waals surface area (Å²) in [5, 5.41) is 20.2. The molecular weight excluding hydrogens is 457 g/mol. The first-order valence-electron chi connectivity index (χ1n) is 5.53. The number of carboxylic acids is 1. The predicted octanol–water partition coefficient (Wildman–Crippen LogP) is 4.45. The average molecular weight is 464 g/mol. The molecule has 0 aliphatic heterocycles. The van der Waals surface area contributed by atoms with Gasteiger partial charge in [-0.25, -0.2) is 4.79 Å². The molecule has 2 aromatic rings. The smallest absolute Gasteiger partial charge is 0.339 e. The minimum Gasteiger partial charge on any atom is -0.478 e. The van der Waals surface area contributed by atoms with Gasteiger partial charge in [-0.3, -0.25) is 10.1 Å². The molecule has 2 aromatic carbocycles. The number of aromatic carboxylic acids is 1. The molecule has 0 saturated heterocycles. The van der Waals surface area contributed by atoms with Crippen molar-refractivity contribution in [1.82, 2.24) is 0 Å². The minimum atomic E-state index is -1.18. The van der Waals surface area contributed by atoms with Crippen LogP contribution in [0.3, 0.4) is 0 Å². The molecule has 0 spiro atoms. The first-order chi connectivity index (χ1) is 9.88. The van der Waals surface area contributed by atoms with Crippen molar-refractivity contribution in [3.05, 3.63) is 60.1 Å². The second-order valence-corrected chi connectivity index (χ2v) is 6.08. The standard InChI is InChI=1S/C13H7BrINO5/c14-7-1-3-9(13(17)18)12(5-7)21-11-4-2-8(15)6-10(11)16(19)20/h1-6H,(H,17,18). The molecule has 0 atom stereocenters. The van der Waals surface area contributed by atoms with Gasteiger partial charge < -0.3 is 9.84 Å². The first kappa shape index (κ1) is 15.7. The Hall–Kier alpha value is -1.68. The summed E-state index contributed by atoms with van der Waals surface area (Å²) in [6, 6.07) is 8.80. The van der Waals surface area contributed by atoms with Gasteiger partial charge in [0, 0.05) is 14.1 Å². The van der Waals surface area contributed by atoms with Crippen LogP contribution >= 0.6 is 38.5 Å². The quantitative estimate of drug-likeness (QED) is 0.411. The van der Waals surface area contributed by atoms with E-state index in [1.54, 1.807) is 12.1 Å². The summed E-state index contributed by atoms with van der Waals surface area (Å²) in [7, 11) is 0. The maximum Gasteiger partial charge on any atom is 0.339 e. The lowest BCUT2D eigenvalue weighted by Gasteiger charge is -2.09. The summed E-state index contributed by atoms with van der Waals surface area (Å²) < 4.78 is 6.73. The maximum absolute atomic E-state index is 11.2. The van der Waals surface area contributed by atoms with Gasteiger partial charge in [-0.15, -0.1) is 0 Å². The van der Waals surface area contributed by atoms with Crippen molar-refractivity contribution in [2.75, 3.05) is 0 Å². The van der Waals surface area contributed by atoms with Gasteiger partial charge in [0.15, 0.2) is 0 Å². The van der Waals surface area contributed by atoms with Crippen molar-refractivity contribution in [3.8, 4) is 11.5 Å². The highest BCUT2D eigenvalue weighted by Crippen LogP contribution is 2.35. The van der Waals surface area contributed by atoms with E-state index in [1.165, 1.54) is 24.3 Å². The van der Waals surface area contributed by atoms with Crippen LogP contribution in [0.1, 0.15) is 10.4 Å². The van der Waals surface area contributed by atoms with Crippen LogP contribution in [-0.4, -0.2) is 16.0 Å². The summed E-state index contributed by atoms with van der Waals surface area (Å²) in [5.74, 6) is -1.16. The zero-order valence-electron chi connectivity index (χ0n) is 10.2. The number of hydrogen-bond donors (Lipinski definition) is 1. The zero-order valence-corrected chi connectivity index (χ0v) is 14.0. The molecule has 0 unspecified atom stereocenters. The van der Waals surface area contributed by atoms with Crippen molar-refractivity contribution >= 4 is 50.2 Å². The number of nitrogens with zero attached hydrogens (tertiary/aromatic N) is 1. The van der Waals surface area contributed by atoms with E-state index in [2.05, 4.69) is 15.9 Å². The van der Waals surface area contributed by atoms with Gasteiger partial charge in [-0.1, -0.05) is 15.9 Å². The molecule has 0 aliphatic carbocycles. The Labute approximate surface area is 141 Å². The third-order valence-corrected chi connectivity index (χ3v) is 3.68. The van der Waals surface area contributed by atoms with E-state index in [-0.39, 0.29) is 22.7 Å². The summed E-state index contributed by atoms with van der Waals surface area (Å²) in [5.41, 5.74) is -0.302. The van der Waals surface area contributed by atoms with Crippen LogP contribution in [-0.2, 0) is 0 Å². The summed E-state index contributed by atoms with van der Waals surface area (Å²) in [6.45, 7) is 0. The van der Waals surface area contributed by atoms with Gasteiger partial charge in [0.1, 0.15) is 11.3 Å². The van der Waals surface area contributed by atoms with Gasteiger partial charge in [0.25, 0.3) is 0 Å². The van der Waals surface area contributed by atoms with Crippen molar-refractivity contribution in [3.63, 3.8) is 0 Å². The topological polar surface area (TPSA) is 89.7 Å². The van der Waals surface area contributed by atoms with E-state index in [0.29, 0.717) is 8.04 Å². The fourth-order valence-electron chi connectivity index (χ4n) is 1.60. The van der Waals surface area contributed by atoms with Crippen LogP contribution in [0.25, 0.3) is 0 Å². The number of hydrogen-bond acceptors (Lipinski definition) is 4.